The third kappa shape index (κ3) is 3.70. The lowest BCUT2D eigenvalue weighted by molar-refractivity contribution is 0.457. The molecule has 0 saturated heterocycles. The molecule has 0 amide bonds. The lowest BCUT2D eigenvalue weighted by atomic mass is 15.8. The average Bonchev–Trinajstić information content (AvgIpc) is 1.65. The Bertz CT molecular complexity index is 30.0. The van der Waals surface area contributed by atoms with Gasteiger partial charge in [0.2, 0.25) is 0 Å². The fraction of sp³-hybridized carbons (Fsp3) is 0. The van der Waals surface area contributed by atoms with Gasteiger partial charge in [-0.3, -0.25) is 0 Å². The molecular weight excluding hydrogens is 286 g/mol. The molecular formula is HBrIO3P. The highest BCUT2D eigenvalue weighted by Gasteiger charge is 1.98. The Kier molecular flexibility index (Phi) is 5.86. The molecule has 0 radical (unpaired) electrons. The minimum atomic E-state index is -1.67. The summed E-state index contributed by atoms with van der Waals surface area (Å²) in [4.78, 5) is 8.23. The van der Waals surface area contributed by atoms with E-state index < -0.39 is 8.60 Å². The van der Waals surface area contributed by atoms with Crippen molar-refractivity contribution in [1.82, 2.24) is 0 Å². The molecule has 38 valence electrons. The molecule has 0 aromatic carbocycles. The number of rotatable bonds is 2. The van der Waals surface area contributed by atoms with Crippen LogP contribution in [0.25, 0.3) is 0 Å². The minimum absolute atomic E-state index is 1.54. The molecule has 1 N–H and O–H groups in total. The van der Waals surface area contributed by atoms with E-state index in [4.69, 9.17) is 4.89 Å². The van der Waals surface area contributed by atoms with Crippen molar-refractivity contribution in [2.75, 3.05) is 0 Å². The van der Waals surface area contributed by atoms with Crippen molar-refractivity contribution in [3.8, 4) is 0 Å². The van der Waals surface area contributed by atoms with Gasteiger partial charge in [0, 0.05) is 0 Å². The normalized spacial score (nSPS) is 14.5. The molecule has 0 aromatic heterocycles. The highest BCUT2D eigenvalue weighted by Crippen LogP contribution is 2.37. The van der Waals surface area contributed by atoms with Gasteiger partial charge in [-0.25, -0.2) is 6.47 Å². The van der Waals surface area contributed by atoms with E-state index in [1.807, 2.05) is 0 Å². The van der Waals surface area contributed by atoms with Crippen molar-refractivity contribution in [3.05, 3.63) is 0 Å². The zero-order valence-electron chi connectivity index (χ0n) is 2.47. The first kappa shape index (κ1) is 7.52. The predicted octanol–water partition coefficient (Wildman–Crippen LogP) is 1.90. The van der Waals surface area contributed by atoms with E-state index in [1.165, 1.54) is 23.0 Å². The molecule has 0 aliphatic heterocycles. The molecule has 0 bridgehead atoms. The highest BCUT2D eigenvalue weighted by atomic mass is 127. The molecule has 0 saturated carbocycles. The Morgan fingerprint density at radius 2 is 2.33 bits per heavy atom. The van der Waals surface area contributed by atoms with Crippen LogP contribution in [-0.2, 0) is 6.47 Å². The summed E-state index contributed by atoms with van der Waals surface area (Å²) >= 11 is 4.06. The quantitative estimate of drug-likeness (QED) is 0.622. The summed E-state index contributed by atoms with van der Waals surface area (Å²) in [5.41, 5.74) is 0. The van der Waals surface area contributed by atoms with Crippen LogP contribution in [0, 0.1) is 0 Å². The molecule has 6 heteroatoms. The highest BCUT2D eigenvalue weighted by molar-refractivity contribution is 14.1. The van der Waals surface area contributed by atoms with Gasteiger partial charge >= 0.3 is 8.60 Å². The molecule has 3 nitrogen and oxygen atoms in total. The van der Waals surface area contributed by atoms with Crippen molar-refractivity contribution in [2.45, 2.75) is 0 Å². The summed E-state index contributed by atoms with van der Waals surface area (Å²) in [5.74, 6) is 0. The maximum Gasteiger partial charge on any atom is 0.352 e. The third-order valence-corrected chi connectivity index (χ3v) is 2.11. The van der Waals surface area contributed by atoms with Gasteiger partial charge in [0.25, 0.3) is 0 Å². The number of halogens is 2. The van der Waals surface area contributed by atoms with Crippen molar-refractivity contribution in [1.29, 1.82) is 0 Å². The van der Waals surface area contributed by atoms with Crippen LogP contribution >= 0.6 is 47.9 Å². The largest absolute Gasteiger partial charge is 0.352 e. The maximum atomic E-state index is 8.23. The second kappa shape index (κ2) is 4.67. The lowest BCUT2D eigenvalue weighted by Crippen LogP contribution is -1.62. The molecule has 1 unspecified atom stereocenters. The monoisotopic (exact) mass is 286 g/mol. The molecule has 0 heterocycles. The minimum Gasteiger partial charge on any atom is -0.327 e. The summed E-state index contributed by atoms with van der Waals surface area (Å²) in [6.45, 7) is 0. The van der Waals surface area contributed by atoms with E-state index in [1.54, 1.807) is 0 Å². The van der Waals surface area contributed by atoms with Crippen LogP contribution in [-0.4, -0.2) is 4.89 Å². The van der Waals surface area contributed by atoms with Crippen LogP contribution in [0.15, 0.2) is 0 Å². The van der Waals surface area contributed by atoms with Crippen molar-refractivity contribution in [2.24, 2.45) is 0 Å². The summed E-state index contributed by atoms with van der Waals surface area (Å²) in [5, 5.41) is 0. The SMILES string of the molecule is OP(OBr)OI. The molecule has 1 atom stereocenters. The molecule has 0 aromatic rings. The van der Waals surface area contributed by atoms with Gasteiger partial charge in [-0.2, -0.15) is 0 Å². The molecule has 0 fully saturated rings. The standard InChI is InChI=1S/BrHIO3P/c1-4-6(3)5-2/h3H. The van der Waals surface area contributed by atoms with Gasteiger partial charge in [-0.05, 0) is 0 Å². The Morgan fingerprint density at radius 3 is 2.33 bits per heavy atom. The third-order valence-electron chi connectivity index (χ3n) is 0.118. The molecule has 0 aliphatic carbocycles. The zero-order chi connectivity index (χ0) is 4.99. The number of hydrogen-bond donors (Lipinski definition) is 1. The van der Waals surface area contributed by atoms with E-state index in [9.17, 15) is 0 Å². The van der Waals surface area contributed by atoms with Crippen LogP contribution in [0.5, 0.6) is 0 Å². The van der Waals surface area contributed by atoms with Crippen LogP contribution in [0.4, 0.5) is 0 Å². The maximum absolute atomic E-state index is 8.23. The van der Waals surface area contributed by atoms with Gasteiger partial charge in [0.15, 0.2) is 0 Å². The first-order valence-electron chi connectivity index (χ1n) is 0.874. The van der Waals surface area contributed by atoms with E-state index in [0.717, 1.165) is 0 Å². The Balaban J connectivity index is 2.75. The van der Waals surface area contributed by atoms with Crippen LogP contribution in [0.3, 0.4) is 0 Å². The summed E-state index contributed by atoms with van der Waals surface area (Å²) < 4.78 is 8.32. The fourth-order valence-electron chi connectivity index (χ4n) is 0.0106. The zero-order valence-corrected chi connectivity index (χ0v) is 7.10. The van der Waals surface area contributed by atoms with Crippen LogP contribution < -0.4 is 0 Å². The van der Waals surface area contributed by atoms with Crippen LogP contribution in [0.1, 0.15) is 0 Å². The van der Waals surface area contributed by atoms with Gasteiger partial charge in [0.05, 0.1) is 0 Å². The summed E-state index contributed by atoms with van der Waals surface area (Å²) in [7, 11) is -1.67. The molecule has 0 spiro atoms. The van der Waals surface area contributed by atoms with Gasteiger partial charge in [-0.1, -0.05) is 0 Å². The topological polar surface area (TPSA) is 38.7 Å². The Labute approximate surface area is 59.2 Å². The van der Waals surface area contributed by atoms with Crippen molar-refractivity contribution < 1.29 is 11.4 Å². The second-order valence-corrected chi connectivity index (χ2v) is 3.18. The first-order valence-corrected chi connectivity index (χ1v) is 3.53. The first-order chi connectivity index (χ1) is 2.81. The van der Waals surface area contributed by atoms with E-state index >= 15 is 0 Å². The van der Waals surface area contributed by atoms with Gasteiger partial charge < -0.3 is 4.89 Å². The molecule has 6 heavy (non-hydrogen) atoms. The average molecular weight is 287 g/mol. The Morgan fingerprint density at radius 1 is 1.83 bits per heavy atom. The van der Waals surface area contributed by atoms with E-state index in [-0.39, 0.29) is 0 Å². The summed E-state index contributed by atoms with van der Waals surface area (Å²) in [6.07, 6.45) is 0. The van der Waals surface area contributed by atoms with Crippen LogP contribution in [0.2, 0.25) is 0 Å². The molecule has 0 rings (SSSR count). The Hall–Kier alpha value is 1.52. The second-order valence-electron chi connectivity index (χ2n) is 0.376. The number of hydrogen-bond acceptors (Lipinski definition) is 3. The lowest BCUT2D eigenvalue weighted by Gasteiger charge is -1.93. The van der Waals surface area contributed by atoms with Crippen molar-refractivity contribution in [3.63, 3.8) is 0 Å². The van der Waals surface area contributed by atoms with Crippen molar-refractivity contribution >= 4 is 47.9 Å². The predicted molar refractivity (Wildman–Crippen MR) is 34.3 cm³/mol. The van der Waals surface area contributed by atoms with Gasteiger partial charge in [-0.15, -0.1) is 0 Å². The molecule has 0 aliphatic rings. The fourth-order valence-corrected chi connectivity index (χ4v) is 1.11. The smallest absolute Gasteiger partial charge is 0.327 e. The van der Waals surface area contributed by atoms with Gasteiger partial charge in [0.1, 0.15) is 39.3 Å². The summed E-state index contributed by atoms with van der Waals surface area (Å²) in [6, 6.07) is 0. The van der Waals surface area contributed by atoms with E-state index in [0.29, 0.717) is 0 Å². The van der Waals surface area contributed by atoms with E-state index in [2.05, 4.69) is 22.7 Å².